The molecule has 0 radical (unpaired) electrons. The van der Waals surface area contributed by atoms with Crippen LogP contribution in [0.25, 0.3) is 5.69 Å². The standard InChI is InChI=1S/C18H22FN3O3/c19-16-13-14(3-4-17(16)22-8-1-7-20-22)18(24)21-9-5-15(6-10-21)25-12-2-11-23/h1,3-4,7-8,13,15,23H,2,5-6,9-12H2. The van der Waals surface area contributed by atoms with Crippen molar-refractivity contribution in [3.63, 3.8) is 0 Å². The van der Waals surface area contributed by atoms with E-state index in [0.29, 0.717) is 37.4 Å². The Morgan fingerprint density at radius 2 is 2.16 bits per heavy atom. The number of halogens is 1. The number of hydrogen-bond donors (Lipinski definition) is 1. The number of amides is 1. The second kappa shape index (κ2) is 8.22. The lowest BCUT2D eigenvalue weighted by atomic mass is 10.1. The van der Waals surface area contributed by atoms with Gasteiger partial charge in [-0.3, -0.25) is 4.79 Å². The molecule has 6 nitrogen and oxygen atoms in total. The second-order valence-corrected chi connectivity index (χ2v) is 6.06. The Labute approximate surface area is 145 Å². The van der Waals surface area contributed by atoms with Crippen LogP contribution in [0.3, 0.4) is 0 Å². The van der Waals surface area contributed by atoms with Crippen molar-refractivity contribution >= 4 is 5.91 Å². The van der Waals surface area contributed by atoms with Crippen LogP contribution in [0.1, 0.15) is 29.6 Å². The highest BCUT2D eigenvalue weighted by Gasteiger charge is 2.24. The Hall–Kier alpha value is -2.25. The van der Waals surface area contributed by atoms with Crippen molar-refractivity contribution in [2.75, 3.05) is 26.3 Å². The van der Waals surface area contributed by atoms with E-state index in [1.54, 1.807) is 35.5 Å². The van der Waals surface area contributed by atoms with Gasteiger partial charge in [0.05, 0.1) is 6.10 Å². The minimum Gasteiger partial charge on any atom is -0.396 e. The Bertz CT molecular complexity index is 698. The van der Waals surface area contributed by atoms with Gasteiger partial charge in [0.25, 0.3) is 5.91 Å². The van der Waals surface area contributed by atoms with Crippen LogP contribution in [0.2, 0.25) is 0 Å². The zero-order valence-corrected chi connectivity index (χ0v) is 14.0. The van der Waals surface area contributed by atoms with Crippen LogP contribution in [0.15, 0.2) is 36.7 Å². The van der Waals surface area contributed by atoms with Crippen LogP contribution in [0.4, 0.5) is 4.39 Å². The zero-order chi connectivity index (χ0) is 17.6. The Balaban J connectivity index is 1.59. The van der Waals surface area contributed by atoms with E-state index in [0.717, 1.165) is 12.8 Å². The zero-order valence-electron chi connectivity index (χ0n) is 14.0. The largest absolute Gasteiger partial charge is 0.396 e. The van der Waals surface area contributed by atoms with Crippen LogP contribution < -0.4 is 0 Å². The molecule has 0 atom stereocenters. The average molecular weight is 347 g/mol. The number of aromatic nitrogens is 2. The van der Waals surface area contributed by atoms with E-state index < -0.39 is 5.82 Å². The molecule has 1 fully saturated rings. The van der Waals surface area contributed by atoms with Gasteiger partial charge in [-0.05, 0) is 43.5 Å². The number of piperidine rings is 1. The first kappa shape index (κ1) is 17.6. The van der Waals surface area contributed by atoms with Gasteiger partial charge in [0, 0.05) is 44.3 Å². The van der Waals surface area contributed by atoms with E-state index in [1.165, 1.54) is 10.7 Å². The maximum atomic E-state index is 14.3. The van der Waals surface area contributed by atoms with Crippen LogP contribution >= 0.6 is 0 Å². The van der Waals surface area contributed by atoms with Gasteiger partial charge >= 0.3 is 0 Å². The van der Waals surface area contributed by atoms with Crippen molar-refractivity contribution < 1.29 is 19.0 Å². The van der Waals surface area contributed by atoms with Crippen molar-refractivity contribution in [2.24, 2.45) is 0 Å². The lowest BCUT2D eigenvalue weighted by molar-refractivity contribution is 0.00396. The summed E-state index contributed by atoms with van der Waals surface area (Å²) in [5, 5.41) is 12.8. The number of aliphatic hydroxyl groups excluding tert-OH is 1. The fraction of sp³-hybridized carbons (Fsp3) is 0.444. The normalized spacial score (nSPS) is 15.5. The van der Waals surface area contributed by atoms with Gasteiger partial charge in [-0.25, -0.2) is 9.07 Å². The van der Waals surface area contributed by atoms with Gasteiger partial charge < -0.3 is 14.7 Å². The molecule has 0 unspecified atom stereocenters. The number of rotatable bonds is 6. The Morgan fingerprint density at radius 3 is 2.80 bits per heavy atom. The molecule has 1 N–H and O–H groups in total. The van der Waals surface area contributed by atoms with Crippen molar-refractivity contribution in [1.29, 1.82) is 0 Å². The molecule has 0 aliphatic carbocycles. The molecule has 0 saturated carbocycles. The number of nitrogens with zero attached hydrogens (tertiary/aromatic N) is 3. The highest BCUT2D eigenvalue weighted by molar-refractivity contribution is 5.94. The van der Waals surface area contributed by atoms with E-state index >= 15 is 0 Å². The van der Waals surface area contributed by atoms with Crippen molar-refractivity contribution in [3.8, 4) is 5.69 Å². The number of benzene rings is 1. The summed E-state index contributed by atoms with van der Waals surface area (Å²) in [6.07, 6.45) is 5.48. The van der Waals surface area contributed by atoms with Crippen LogP contribution in [-0.2, 0) is 4.74 Å². The third kappa shape index (κ3) is 4.24. The van der Waals surface area contributed by atoms with Gasteiger partial charge in [0.1, 0.15) is 11.5 Å². The molecule has 1 aliphatic rings. The van der Waals surface area contributed by atoms with Gasteiger partial charge in [-0.1, -0.05) is 0 Å². The number of ether oxygens (including phenoxy) is 1. The van der Waals surface area contributed by atoms with Gasteiger partial charge in [-0.15, -0.1) is 0 Å². The van der Waals surface area contributed by atoms with E-state index in [9.17, 15) is 9.18 Å². The molecule has 1 amide bonds. The van der Waals surface area contributed by atoms with E-state index in [4.69, 9.17) is 9.84 Å². The first-order chi connectivity index (χ1) is 12.2. The summed E-state index contributed by atoms with van der Waals surface area (Å²) in [7, 11) is 0. The van der Waals surface area contributed by atoms with E-state index in [-0.39, 0.29) is 18.6 Å². The lowest BCUT2D eigenvalue weighted by Gasteiger charge is -2.32. The summed E-state index contributed by atoms with van der Waals surface area (Å²) in [6, 6.07) is 6.18. The fourth-order valence-corrected chi connectivity index (χ4v) is 2.96. The molecule has 1 aliphatic heterocycles. The molecule has 2 aromatic rings. The van der Waals surface area contributed by atoms with Crippen molar-refractivity contribution in [2.45, 2.75) is 25.4 Å². The highest BCUT2D eigenvalue weighted by Crippen LogP contribution is 2.19. The maximum absolute atomic E-state index is 14.3. The van der Waals surface area contributed by atoms with Crippen LogP contribution in [0, 0.1) is 5.82 Å². The molecule has 0 spiro atoms. The number of hydrogen-bond acceptors (Lipinski definition) is 4. The average Bonchev–Trinajstić information content (AvgIpc) is 3.16. The predicted molar refractivity (Wildman–Crippen MR) is 90.1 cm³/mol. The van der Waals surface area contributed by atoms with Crippen LogP contribution in [-0.4, -0.2) is 58.1 Å². The first-order valence-electron chi connectivity index (χ1n) is 8.50. The molecular weight excluding hydrogens is 325 g/mol. The van der Waals surface area contributed by atoms with E-state index in [2.05, 4.69) is 5.10 Å². The smallest absolute Gasteiger partial charge is 0.253 e. The number of aliphatic hydroxyl groups is 1. The third-order valence-electron chi connectivity index (χ3n) is 4.33. The lowest BCUT2D eigenvalue weighted by Crippen LogP contribution is -2.41. The first-order valence-corrected chi connectivity index (χ1v) is 8.50. The molecule has 3 rings (SSSR count). The molecule has 7 heteroatoms. The topological polar surface area (TPSA) is 67.6 Å². The quantitative estimate of drug-likeness (QED) is 0.812. The number of carbonyl (C=O) groups excluding carboxylic acids is 1. The second-order valence-electron chi connectivity index (χ2n) is 6.06. The van der Waals surface area contributed by atoms with Crippen molar-refractivity contribution in [1.82, 2.24) is 14.7 Å². The Kier molecular flexibility index (Phi) is 5.78. The summed E-state index contributed by atoms with van der Waals surface area (Å²) in [5.74, 6) is -0.642. The van der Waals surface area contributed by atoms with E-state index in [1.807, 2.05) is 0 Å². The molecule has 134 valence electrons. The molecule has 1 aromatic heterocycles. The summed E-state index contributed by atoms with van der Waals surface area (Å²) >= 11 is 0. The molecule has 1 aromatic carbocycles. The SMILES string of the molecule is O=C(c1ccc(-n2cccn2)c(F)c1)N1CCC(OCCCO)CC1. The monoisotopic (exact) mass is 347 g/mol. The minimum atomic E-state index is -0.475. The molecule has 1 saturated heterocycles. The Morgan fingerprint density at radius 1 is 1.36 bits per heavy atom. The summed E-state index contributed by atoms with van der Waals surface area (Å²) < 4.78 is 21.4. The summed E-state index contributed by atoms with van der Waals surface area (Å²) in [4.78, 5) is 14.3. The predicted octanol–water partition coefficient (Wildman–Crippen LogP) is 2.01. The number of carbonyl (C=O) groups is 1. The van der Waals surface area contributed by atoms with Crippen LogP contribution in [0.5, 0.6) is 0 Å². The van der Waals surface area contributed by atoms with Gasteiger partial charge in [-0.2, -0.15) is 5.10 Å². The van der Waals surface area contributed by atoms with Gasteiger partial charge in [0.2, 0.25) is 0 Å². The third-order valence-corrected chi connectivity index (χ3v) is 4.33. The number of likely N-dealkylation sites (tertiary alicyclic amines) is 1. The molecular formula is C18H22FN3O3. The summed E-state index contributed by atoms with van der Waals surface area (Å²) in [5.41, 5.74) is 0.658. The highest BCUT2D eigenvalue weighted by atomic mass is 19.1. The summed E-state index contributed by atoms with van der Waals surface area (Å²) in [6.45, 7) is 1.84. The molecule has 25 heavy (non-hydrogen) atoms. The van der Waals surface area contributed by atoms with Gasteiger partial charge in [0.15, 0.2) is 0 Å². The molecule has 0 bridgehead atoms. The minimum absolute atomic E-state index is 0.120. The molecule has 2 heterocycles. The fourth-order valence-electron chi connectivity index (χ4n) is 2.96. The maximum Gasteiger partial charge on any atom is 0.253 e. The van der Waals surface area contributed by atoms with Crippen molar-refractivity contribution in [3.05, 3.63) is 48.0 Å².